The van der Waals surface area contributed by atoms with Crippen LogP contribution in [-0.2, 0) is 14.6 Å². The first-order valence-electron chi connectivity index (χ1n) is 9.78. The fraction of sp³-hybridized carbons (Fsp3) is 0.217. The molecule has 0 bridgehead atoms. The quantitative estimate of drug-likeness (QED) is 0.317. The number of aliphatic carboxylic acids is 1. The number of carboxylic acid groups (broad SMARTS) is 1. The number of aryl methyl sites for hydroxylation is 1. The van der Waals surface area contributed by atoms with Gasteiger partial charge in [-0.05, 0) is 43.3 Å². The predicted octanol–water partition coefficient (Wildman–Crippen LogP) is 2.91. The number of hydrogen-bond acceptors (Lipinski definition) is 8. The second-order valence-corrected chi connectivity index (χ2v) is 11.7. The molecule has 3 rings (SSSR count). The van der Waals surface area contributed by atoms with Gasteiger partial charge in [-0.25, -0.2) is 18.2 Å². The molecule has 1 aromatic heterocycles. The highest BCUT2D eigenvalue weighted by atomic mass is 32.2. The molecule has 1 heterocycles. The van der Waals surface area contributed by atoms with E-state index in [-0.39, 0.29) is 10.6 Å². The van der Waals surface area contributed by atoms with Gasteiger partial charge in [0.1, 0.15) is 4.34 Å². The molecule has 7 nitrogen and oxygen atoms in total. The molecule has 2 atom stereocenters. The zero-order valence-electron chi connectivity index (χ0n) is 17.6. The van der Waals surface area contributed by atoms with E-state index >= 15 is 0 Å². The van der Waals surface area contributed by atoms with Crippen LogP contribution in [0.1, 0.15) is 23.1 Å². The first-order chi connectivity index (χ1) is 15.6. The summed E-state index contributed by atoms with van der Waals surface area (Å²) in [5.74, 6) is 4.26. The fourth-order valence-corrected chi connectivity index (χ4v) is 6.03. The highest BCUT2D eigenvalue weighted by Crippen LogP contribution is 2.29. The van der Waals surface area contributed by atoms with Gasteiger partial charge in [-0.15, -0.1) is 11.3 Å². The maximum absolute atomic E-state index is 13.1. The van der Waals surface area contributed by atoms with Gasteiger partial charge in [0, 0.05) is 34.9 Å². The molecule has 10 heteroatoms. The third-order valence-electron chi connectivity index (χ3n) is 4.76. The number of nitrogens with two attached hydrogens (primary N) is 1. The first kappa shape index (κ1) is 25.0. The van der Waals surface area contributed by atoms with Gasteiger partial charge >= 0.3 is 5.97 Å². The summed E-state index contributed by atoms with van der Waals surface area (Å²) in [5, 5.41) is 21.7. The second-order valence-electron chi connectivity index (χ2n) is 7.31. The largest absolute Gasteiger partial charge is 0.479 e. The lowest BCUT2D eigenvalue weighted by Crippen LogP contribution is -2.56. The molecule has 0 aliphatic heterocycles. The summed E-state index contributed by atoms with van der Waals surface area (Å²) in [6, 6.07) is 13.2. The monoisotopic (exact) mass is 502 g/mol. The average Bonchev–Trinajstić information content (AvgIpc) is 3.31. The minimum Gasteiger partial charge on any atom is -0.479 e. The van der Waals surface area contributed by atoms with Crippen LogP contribution in [0.2, 0.25) is 0 Å². The minimum absolute atomic E-state index is 0.0583. The molecule has 33 heavy (non-hydrogen) atoms. The van der Waals surface area contributed by atoms with Crippen molar-refractivity contribution in [2.75, 3.05) is 5.75 Å². The summed E-state index contributed by atoms with van der Waals surface area (Å²) in [6.07, 6.45) is -0.337. The molecule has 0 saturated heterocycles. The van der Waals surface area contributed by atoms with Crippen molar-refractivity contribution in [1.29, 1.82) is 0 Å². The van der Waals surface area contributed by atoms with E-state index in [2.05, 4.69) is 16.8 Å². The lowest BCUT2D eigenvalue weighted by atomic mass is 10.1. The van der Waals surface area contributed by atoms with Crippen LogP contribution in [-0.4, -0.2) is 46.3 Å². The highest BCUT2D eigenvalue weighted by molar-refractivity contribution is 8.01. The van der Waals surface area contributed by atoms with Crippen molar-refractivity contribution in [1.82, 2.24) is 4.98 Å². The summed E-state index contributed by atoms with van der Waals surface area (Å²) < 4.78 is 26.9. The second kappa shape index (κ2) is 10.5. The van der Waals surface area contributed by atoms with Crippen LogP contribution in [0.25, 0.3) is 0 Å². The van der Waals surface area contributed by atoms with Gasteiger partial charge in [-0.3, -0.25) is 0 Å². The van der Waals surface area contributed by atoms with E-state index in [1.807, 2.05) is 31.2 Å². The van der Waals surface area contributed by atoms with Crippen LogP contribution in [0, 0.1) is 18.8 Å². The summed E-state index contributed by atoms with van der Waals surface area (Å²) >= 11 is 2.56. The Labute approximate surface area is 200 Å². The highest BCUT2D eigenvalue weighted by Gasteiger charge is 2.49. The number of carboxylic acids is 1. The molecule has 0 aliphatic rings. The Morgan fingerprint density at radius 2 is 1.73 bits per heavy atom. The fourth-order valence-electron chi connectivity index (χ4n) is 2.88. The van der Waals surface area contributed by atoms with Crippen molar-refractivity contribution in [3.8, 4) is 11.8 Å². The van der Waals surface area contributed by atoms with Gasteiger partial charge in [-0.1, -0.05) is 41.3 Å². The molecule has 4 N–H and O–H groups in total. The zero-order valence-corrected chi connectivity index (χ0v) is 20.1. The van der Waals surface area contributed by atoms with Crippen molar-refractivity contribution in [2.24, 2.45) is 5.73 Å². The summed E-state index contributed by atoms with van der Waals surface area (Å²) in [4.78, 5) is 13.0. The molecule has 2 unspecified atom stereocenters. The van der Waals surface area contributed by atoms with Gasteiger partial charge in [0.25, 0.3) is 0 Å². The smallest absolute Gasteiger partial charge is 0.340 e. The van der Waals surface area contributed by atoms with Crippen LogP contribution in [0.15, 0.2) is 69.3 Å². The van der Waals surface area contributed by atoms with Gasteiger partial charge in [0.15, 0.2) is 0 Å². The van der Waals surface area contributed by atoms with Crippen molar-refractivity contribution in [3.63, 3.8) is 0 Å². The molecular weight excluding hydrogens is 480 g/mol. The van der Waals surface area contributed by atoms with E-state index in [9.17, 15) is 23.4 Å². The van der Waals surface area contributed by atoms with Gasteiger partial charge < -0.3 is 15.9 Å². The third-order valence-corrected chi connectivity index (χ3v) is 9.06. The Balaban J connectivity index is 1.77. The third kappa shape index (κ3) is 6.01. The number of thiazole rings is 1. The lowest BCUT2D eigenvalue weighted by Gasteiger charge is -2.27. The van der Waals surface area contributed by atoms with Crippen LogP contribution < -0.4 is 5.73 Å². The topological polar surface area (TPSA) is 131 Å². The van der Waals surface area contributed by atoms with E-state index in [0.29, 0.717) is 9.90 Å². The van der Waals surface area contributed by atoms with Gasteiger partial charge in [0.2, 0.25) is 14.7 Å². The summed E-state index contributed by atoms with van der Waals surface area (Å²) in [6.45, 7) is 1.98. The van der Waals surface area contributed by atoms with Gasteiger partial charge in [-0.2, -0.15) is 0 Å². The van der Waals surface area contributed by atoms with E-state index < -0.39 is 33.2 Å². The molecule has 3 aromatic rings. The van der Waals surface area contributed by atoms with E-state index in [1.54, 1.807) is 11.6 Å². The number of aromatic nitrogens is 1. The Kier molecular flexibility index (Phi) is 7.94. The van der Waals surface area contributed by atoms with Crippen LogP contribution in [0.5, 0.6) is 0 Å². The van der Waals surface area contributed by atoms with E-state index in [4.69, 9.17) is 5.73 Å². The molecule has 0 aliphatic carbocycles. The summed E-state index contributed by atoms with van der Waals surface area (Å²) in [5.41, 5.74) is 8.38. The number of rotatable bonds is 8. The van der Waals surface area contributed by atoms with Crippen LogP contribution in [0.3, 0.4) is 0 Å². The Bertz CT molecular complexity index is 1260. The lowest BCUT2D eigenvalue weighted by molar-refractivity contribution is -0.140. The summed E-state index contributed by atoms with van der Waals surface area (Å²) in [7, 11) is -4.51. The Morgan fingerprint density at radius 3 is 2.24 bits per heavy atom. The molecule has 0 amide bonds. The predicted molar refractivity (Wildman–Crippen MR) is 129 cm³/mol. The Hall–Kier alpha value is -2.68. The SMILES string of the molecule is Cc1ccc(C#Cc2ccc(S(=O)(=O)C(N)(CC(O)CSc3nccs3)C(=O)O)cc2)cc1. The molecular formula is C23H22N2O5S3. The first-order valence-corrected chi connectivity index (χ1v) is 13.1. The van der Waals surface area contributed by atoms with Crippen molar-refractivity contribution < 1.29 is 23.4 Å². The standard InChI is InChI=1S/C23H22N2O5S3/c1-16-2-4-17(5-3-16)6-7-18-8-10-20(11-9-18)33(29,30)23(24,21(27)28)14-19(26)15-32-22-25-12-13-31-22/h2-5,8-13,19,26H,14-15,24H2,1H3,(H,27,28). The number of hydrogen-bond donors (Lipinski definition) is 3. The molecule has 172 valence electrons. The maximum atomic E-state index is 13.1. The number of thioether (sulfide) groups is 1. The molecule has 0 radical (unpaired) electrons. The van der Waals surface area contributed by atoms with Crippen LogP contribution in [0.4, 0.5) is 0 Å². The van der Waals surface area contributed by atoms with Crippen molar-refractivity contribution in [2.45, 2.75) is 33.6 Å². The number of aliphatic hydroxyl groups is 1. The number of carbonyl (C=O) groups is 1. The average molecular weight is 503 g/mol. The molecule has 2 aromatic carbocycles. The zero-order chi connectivity index (χ0) is 24.1. The number of nitrogens with zero attached hydrogens (tertiary/aromatic N) is 1. The van der Waals surface area contributed by atoms with Crippen molar-refractivity contribution in [3.05, 3.63) is 76.8 Å². The molecule has 0 saturated carbocycles. The molecule has 0 spiro atoms. The minimum atomic E-state index is -4.51. The van der Waals surface area contributed by atoms with E-state index in [1.165, 1.54) is 47.4 Å². The van der Waals surface area contributed by atoms with E-state index in [0.717, 1.165) is 11.1 Å². The number of aliphatic hydroxyl groups excluding tert-OH is 1. The molecule has 0 fully saturated rings. The number of benzene rings is 2. The number of sulfone groups is 1. The normalized spacial score (nSPS) is 14.0. The maximum Gasteiger partial charge on any atom is 0.340 e. The van der Waals surface area contributed by atoms with Gasteiger partial charge in [0.05, 0.1) is 11.0 Å². The van der Waals surface area contributed by atoms with Crippen molar-refractivity contribution >= 4 is 38.9 Å². The Morgan fingerprint density at radius 1 is 1.15 bits per heavy atom. The van der Waals surface area contributed by atoms with Crippen LogP contribution >= 0.6 is 23.1 Å².